The molecule has 0 heterocycles. The monoisotopic (exact) mass is 263 g/mol. The predicted molar refractivity (Wildman–Crippen MR) is 56.5 cm³/mol. The maximum absolute atomic E-state index is 13.2. The first-order valence-corrected chi connectivity index (χ1v) is 4.54. The fourth-order valence-corrected chi connectivity index (χ4v) is 1.30. The summed E-state index contributed by atoms with van der Waals surface area (Å²) in [5.41, 5.74) is 2.27. The molecular weight excluding hydrogens is 258 g/mol. The second-order valence-corrected chi connectivity index (χ2v) is 3.38. The van der Waals surface area contributed by atoms with Gasteiger partial charge in [-0.05, 0) is 24.4 Å². The van der Waals surface area contributed by atoms with Gasteiger partial charge < -0.3 is 11.1 Å². The molecule has 0 bridgehead atoms. The van der Waals surface area contributed by atoms with Crippen molar-refractivity contribution in [1.82, 2.24) is 0 Å². The minimum absolute atomic E-state index is 0.397. The lowest BCUT2D eigenvalue weighted by Crippen LogP contribution is -2.23. The molecule has 1 aromatic carbocycles. The van der Waals surface area contributed by atoms with Crippen LogP contribution in [0, 0.1) is 17.1 Å². The molecule has 8 heteroatoms. The van der Waals surface area contributed by atoms with E-state index in [1.807, 2.05) is 5.32 Å². The van der Waals surface area contributed by atoms with Crippen LogP contribution in [0.1, 0.15) is 11.1 Å². The van der Waals surface area contributed by atoms with Gasteiger partial charge in [-0.2, -0.15) is 18.4 Å². The molecule has 90 valence electrons. The molecule has 1 aromatic rings. The Kier molecular flexibility index (Phi) is 3.53. The predicted octanol–water partition coefficient (Wildman–Crippen LogP) is 2.37. The third-order valence-corrected chi connectivity index (χ3v) is 1.91. The van der Waals surface area contributed by atoms with Gasteiger partial charge in [0.05, 0.1) is 11.3 Å². The zero-order chi connectivity index (χ0) is 13.2. The number of anilines is 1. The van der Waals surface area contributed by atoms with E-state index >= 15 is 0 Å². The standard InChI is InChI=1S/C9H5F4N3S/c10-5-2-1-4(3-14)7(16-8(15)17)6(5)9(11,12)13/h1-2H,(H3,15,16,17). The van der Waals surface area contributed by atoms with Crippen molar-refractivity contribution in [2.45, 2.75) is 6.18 Å². The Balaban J connectivity index is 3.55. The van der Waals surface area contributed by atoms with Gasteiger partial charge in [-0.1, -0.05) is 0 Å². The van der Waals surface area contributed by atoms with Gasteiger partial charge in [0.2, 0.25) is 0 Å². The van der Waals surface area contributed by atoms with Gasteiger partial charge in [-0.15, -0.1) is 0 Å². The first-order valence-electron chi connectivity index (χ1n) is 4.13. The topological polar surface area (TPSA) is 61.8 Å². The lowest BCUT2D eigenvalue weighted by Gasteiger charge is -2.15. The smallest absolute Gasteiger partial charge is 0.376 e. The van der Waals surface area contributed by atoms with Crippen molar-refractivity contribution in [3.05, 3.63) is 29.1 Å². The van der Waals surface area contributed by atoms with Gasteiger partial charge in [-0.25, -0.2) is 4.39 Å². The minimum atomic E-state index is -4.95. The molecule has 0 radical (unpaired) electrons. The summed E-state index contributed by atoms with van der Waals surface area (Å²) in [5, 5.41) is 10.1. The van der Waals surface area contributed by atoms with Crippen LogP contribution in [-0.4, -0.2) is 5.11 Å². The number of benzene rings is 1. The first-order chi connectivity index (χ1) is 7.77. The zero-order valence-electron chi connectivity index (χ0n) is 8.10. The highest BCUT2D eigenvalue weighted by Gasteiger charge is 2.38. The molecule has 0 amide bonds. The quantitative estimate of drug-likeness (QED) is 0.603. The number of alkyl halides is 3. The van der Waals surface area contributed by atoms with Gasteiger partial charge in [-0.3, -0.25) is 0 Å². The largest absolute Gasteiger partial charge is 0.421 e. The molecule has 0 saturated carbocycles. The molecule has 0 fully saturated rings. The number of nitrogens with one attached hydrogen (secondary N) is 1. The SMILES string of the molecule is N#Cc1ccc(F)c(C(F)(F)F)c1NC(N)=S. The second-order valence-electron chi connectivity index (χ2n) is 2.94. The molecule has 0 saturated heterocycles. The van der Waals surface area contributed by atoms with E-state index in [0.717, 1.165) is 6.07 Å². The van der Waals surface area contributed by atoms with Crippen molar-refractivity contribution < 1.29 is 17.6 Å². The third-order valence-electron chi connectivity index (χ3n) is 1.81. The van der Waals surface area contributed by atoms with Crippen molar-refractivity contribution >= 4 is 23.0 Å². The molecular formula is C9H5F4N3S. The Morgan fingerprint density at radius 1 is 1.41 bits per heavy atom. The Labute approximate surface area is 98.8 Å². The maximum Gasteiger partial charge on any atom is 0.421 e. The van der Waals surface area contributed by atoms with Gasteiger partial charge in [0.25, 0.3) is 0 Å². The molecule has 0 aliphatic carbocycles. The van der Waals surface area contributed by atoms with E-state index in [4.69, 9.17) is 11.0 Å². The summed E-state index contributed by atoms with van der Waals surface area (Å²) in [7, 11) is 0. The zero-order valence-corrected chi connectivity index (χ0v) is 8.92. The minimum Gasteiger partial charge on any atom is -0.376 e. The van der Waals surface area contributed by atoms with Crippen LogP contribution in [0.5, 0.6) is 0 Å². The number of nitrogens with zero attached hydrogens (tertiary/aromatic N) is 1. The van der Waals surface area contributed by atoms with Gasteiger partial charge >= 0.3 is 6.18 Å². The summed E-state index contributed by atoms with van der Waals surface area (Å²) >= 11 is 4.38. The van der Waals surface area contributed by atoms with E-state index in [2.05, 4.69) is 12.2 Å². The van der Waals surface area contributed by atoms with Crippen LogP contribution in [0.2, 0.25) is 0 Å². The van der Waals surface area contributed by atoms with Crippen LogP contribution < -0.4 is 11.1 Å². The number of halogens is 4. The maximum atomic E-state index is 13.2. The molecule has 1 rings (SSSR count). The van der Waals surface area contributed by atoms with Crippen molar-refractivity contribution in [2.75, 3.05) is 5.32 Å². The summed E-state index contributed by atoms with van der Waals surface area (Å²) in [6.07, 6.45) is -4.95. The summed E-state index contributed by atoms with van der Waals surface area (Å²) in [5.74, 6) is -1.50. The van der Waals surface area contributed by atoms with Gasteiger partial charge in [0, 0.05) is 0 Å². The van der Waals surface area contributed by atoms with E-state index in [0.29, 0.717) is 6.07 Å². The molecule has 0 aliphatic rings. The average molecular weight is 263 g/mol. The normalized spacial score (nSPS) is 10.8. The molecule has 0 aliphatic heterocycles. The van der Waals surface area contributed by atoms with Crippen LogP contribution in [0.3, 0.4) is 0 Å². The Hall–Kier alpha value is -1.88. The highest BCUT2D eigenvalue weighted by Crippen LogP contribution is 2.38. The number of nitriles is 1. The first kappa shape index (κ1) is 13.2. The fourth-order valence-electron chi connectivity index (χ4n) is 1.20. The number of nitrogens with two attached hydrogens (primary N) is 1. The molecule has 17 heavy (non-hydrogen) atoms. The third kappa shape index (κ3) is 2.82. The second kappa shape index (κ2) is 4.55. The molecule has 0 unspecified atom stereocenters. The number of rotatable bonds is 1. The molecule has 3 N–H and O–H groups in total. The Bertz CT molecular complexity index is 504. The molecule has 0 spiro atoms. The van der Waals surface area contributed by atoms with Crippen LogP contribution in [0.4, 0.5) is 23.2 Å². The molecule has 0 aromatic heterocycles. The summed E-state index contributed by atoms with van der Waals surface area (Å²) in [4.78, 5) is 0. The number of hydrogen-bond donors (Lipinski definition) is 2. The summed E-state index contributed by atoms with van der Waals surface area (Å²) < 4.78 is 51.0. The van der Waals surface area contributed by atoms with E-state index in [1.54, 1.807) is 0 Å². The molecule has 3 nitrogen and oxygen atoms in total. The van der Waals surface area contributed by atoms with Crippen LogP contribution in [0.15, 0.2) is 12.1 Å². The van der Waals surface area contributed by atoms with Crippen LogP contribution in [-0.2, 0) is 6.18 Å². The lowest BCUT2D eigenvalue weighted by molar-refractivity contribution is -0.139. The van der Waals surface area contributed by atoms with Crippen molar-refractivity contribution in [3.63, 3.8) is 0 Å². The van der Waals surface area contributed by atoms with Gasteiger partial charge in [0.15, 0.2) is 5.11 Å². The Morgan fingerprint density at radius 2 is 2.00 bits per heavy atom. The van der Waals surface area contributed by atoms with Crippen molar-refractivity contribution in [1.29, 1.82) is 5.26 Å². The average Bonchev–Trinajstić information content (AvgIpc) is 2.15. The fraction of sp³-hybridized carbons (Fsp3) is 0.111. The highest BCUT2D eigenvalue weighted by molar-refractivity contribution is 7.80. The highest BCUT2D eigenvalue weighted by atomic mass is 32.1. The van der Waals surface area contributed by atoms with E-state index < -0.39 is 33.9 Å². The van der Waals surface area contributed by atoms with Crippen LogP contribution in [0.25, 0.3) is 0 Å². The van der Waals surface area contributed by atoms with Crippen molar-refractivity contribution in [3.8, 4) is 6.07 Å². The number of hydrogen-bond acceptors (Lipinski definition) is 2. The summed E-state index contributed by atoms with van der Waals surface area (Å²) in [6, 6.07) is 2.97. The lowest BCUT2D eigenvalue weighted by atomic mass is 10.1. The van der Waals surface area contributed by atoms with E-state index in [1.165, 1.54) is 6.07 Å². The Morgan fingerprint density at radius 3 is 2.41 bits per heavy atom. The number of thiocarbonyl (C=S) groups is 1. The molecule has 0 atom stereocenters. The van der Waals surface area contributed by atoms with E-state index in [9.17, 15) is 17.6 Å². The van der Waals surface area contributed by atoms with Crippen LogP contribution >= 0.6 is 12.2 Å². The summed E-state index contributed by atoms with van der Waals surface area (Å²) in [6.45, 7) is 0. The van der Waals surface area contributed by atoms with E-state index in [-0.39, 0.29) is 0 Å². The van der Waals surface area contributed by atoms with Gasteiger partial charge in [0.1, 0.15) is 17.4 Å². The van der Waals surface area contributed by atoms with Crippen molar-refractivity contribution in [2.24, 2.45) is 5.73 Å².